The van der Waals surface area contributed by atoms with Crippen LogP contribution < -0.4 is 26.0 Å². The minimum Gasteiger partial charge on any atom is -0.488 e. The zero-order valence-corrected chi connectivity index (χ0v) is 21.3. The number of carbonyl (C=O) groups excluding carboxylic acids is 1. The Hall–Kier alpha value is -4.70. The predicted molar refractivity (Wildman–Crippen MR) is 148 cm³/mol. The van der Waals surface area contributed by atoms with Crippen LogP contribution in [0.4, 0.5) is 27.5 Å². The molecule has 9 nitrogen and oxygen atoms in total. The number of hydrogen-bond acceptors (Lipinski definition) is 8. The van der Waals surface area contributed by atoms with Gasteiger partial charge in [0, 0.05) is 42.8 Å². The van der Waals surface area contributed by atoms with Gasteiger partial charge in [0.25, 0.3) is 5.91 Å². The number of halogens is 1. The molecule has 0 spiro atoms. The lowest BCUT2D eigenvalue weighted by Crippen LogP contribution is -2.36. The SMILES string of the molecule is NC(=O)c1cnc(Nc2ccc(N3CCOCC3)cc2)nc1NCc1c(F)cccc1OCc1ccccc1. The second-order valence-corrected chi connectivity index (χ2v) is 8.94. The van der Waals surface area contributed by atoms with Crippen LogP contribution in [-0.2, 0) is 17.9 Å². The summed E-state index contributed by atoms with van der Waals surface area (Å²) in [5.74, 6) is -0.313. The summed E-state index contributed by atoms with van der Waals surface area (Å²) in [5.41, 5.74) is 8.78. The normalized spacial score (nSPS) is 13.1. The quantitative estimate of drug-likeness (QED) is 0.276. The summed E-state index contributed by atoms with van der Waals surface area (Å²) in [6.07, 6.45) is 1.34. The van der Waals surface area contributed by atoms with Gasteiger partial charge in [-0.1, -0.05) is 36.4 Å². The Morgan fingerprint density at radius 3 is 2.54 bits per heavy atom. The van der Waals surface area contributed by atoms with E-state index < -0.39 is 11.7 Å². The monoisotopic (exact) mass is 528 g/mol. The van der Waals surface area contributed by atoms with Crippen LogP contribution in [0.5, 0.6) is 5.75 Å². The van der Waals surface area contributed by atoms with E-state index in [-0.39, 0.29) is 30.5 Å². The number of carbonyl (C=O) groups is 1. The first kappa shape index (κ1) is 25.9. The minimum absolute atomic E-state index is 0.0157. The number of morpholine rings is 1. The molecule has 200 valence electrons. The number of ether oxygens (including phenoxy) is 2. The summed E-state index contributed by atoms with van der Waals surface area (Å²) in [6.45, 7) is 3.42. The van der Waals surface area contributed by atoms with Crippen molar-refractivity contribution in [3.05, 3.63) is 102 Å². The topological polar surface area (TPSA) is 115 Å². The second-order valence-electron chi connectivity index (χ2n) is 8.94. The number of anilines is 4. The Labute approximate surface area is 225 Å². The summed E-state index contributed by atoms with van der Waals surface area (Å²) in [7, 11) is 0. The van der Waals surface area contributed by atoms with Crippen molar-refractivity contribution < 1.29 is 18.7 Å². The van der Waals surface area contributed by atoms with E-state index >= 15 is 0 Å². The molecule has 0 atom stereocenters. The van der Waals surface area contributed by atoms with Crippen molar-refractivity contribution in [1.29, 1.82) is 0 Å². The van der Waals surface area contributed by atoms with Gasteiger partial charge in [0.05, 0.1) is 18.8 Å². The molecule has 39 heavy (non-hydrogen) atoms. The van der Waals surface area contributed by atoms with Crippen LogP contribution in [0, 0.1) is 5.82 Å². The number of amides is 1. The summed E-state index contributed by atoms with van der Waals surface area (Å²) in [4.78, 5) is 23.0. The molecule has 1 amide bonds. The maximum absolute atomic E-state index is 14.8. The average Bonchev–Trinajstić information content (AvgIpc) is 2.97. The fourth-order valence-corrected chi connectivity index (χ4v) is 4.22. The van der Waals surface area contributed by atoms with Gasteiger partial charge in [0.2, 0.25) is 5.95 Å². The molecule has 0 aliphatic carbocycles. The van der Waals surface area contributed by atoms with Gasteiger partial charge < -0.3 is 30.7 Å². The molecule has 3 aromatic carbocycles. The Kier molecular flexibility index (Phi) is 8.13. The first-order valence-electron chi connectivity index (χ1n) is 12.6. The molecule has 1 aliphatic heterocycles. The lowest BCUT2D eigenvalue weighted by atomic mass is 10.1. The predicted octanol–water partition coefficient (Wildman–Crippen LogP) is 4.49. The Bertz CT molecular complexity index is 1410. The first-order chi connectivity index (χ1) is 19.1. The van der Waals surface area contributed by atoms with E-state index in [1.807, 2.05) is 54.6 Å². The molecule has 0 saturated carbocycles. The Morgan fingerprint density at radius 2 is 1.79 bits per heavy atom. The standard InChI is InChI=1S/C29H29FN6O3/c30-25-7-4-8-26(39-19-20-5-2-1-3-6-20)23(25)17-32-28-24(27(31)37)18-33-29(35-28)34-21-9-11-22(12-10-21)36-13-15-38-16-14-36/h1-12,18H,13-17,19H2,(H2,31,37)(H2,32,33,34,35). The first-order valence-corrected chi connectivity index (χ1v) is 12.6. The summed E-state index contributed by atoms with van der Waals surface area (Å²) < 4.78 is 26.1. The number of aromatic nitrogens is 2. The molecule has 1 aliphatic rings. The third-order valence-electron chi connectivity index (χ3n) is 6.30. The number of benzene rings is 3. The van der Waals surface area contributed by atoms with Gasteiger partial charge in [0.1, 0.15) is 24.0 Å². The zero-order chi connectivity index (χ0) is 27.0. The van der Waals surface area contributed by atoms with E-state index in [4.69, 9.17) is 15.2 Å². The number of nitrogens with zero attached hydrogens (tertiary/aromatic N) is 3. The maximum atomic E-state index is 14.8. The van der Waals surface area contributed by atoms with Gasteiger partial charge >= 0.3 is 0 Å². The number of rotatable bonds is 10. The Morgan fingerprint density at radius 1 is 1.03 bits per heavy atom. The van der Waals surface area contributed by atoms with Crippen LogP contribution in [0.2, 0.25) is 0 Å². The number of hydrogen-bond donors (Lipinski definition) is 3. The van der Waals surface area contributed by atoms with E-state index in [2.05, 4.69) is 25.5 Å². The van der Waals surface area contributed by atoms with E-state index in [9.17, 15) is 9.18 Å². The molecule has 0 unspecified atom stereocenters. The van der Waals surface area contributed by atoms with Crippen LogP contribution in [-0.4, -0.2) is 42.2 Å². The zero-order valence-electron chi connectivity index (χ0n) is 21.3. The van der Waals surface area contributed by atoms with Crippen molar-refractivity contribution in [2.24, 2.45) is 5.73 Å². The highest BCUT2D eigenvalue weighted by molar-refractivity contribution is 5.97. The fraction of sp³-hybridized carbons (Fsp3) is 0.207. The van der Waals surface area contributed by atoms with Gasteiger partial charge in [0.15, 0.2) is 0 Å². The molecule has 2 heterocycles. The molecule has 0 radical (unpaired) electrons. The highest BCUT2D eigenvalue weighted by Crippen LogP contribution is 2.26. The number of primary amides is 1. The molecular weight excluding hydrogens is 499 g/mol. The summed E-state index contributed by atoms with van der Waals surface area (Å²) >= 11 is 0. The lowest BCUT2D eigenvalue weighted by molar-refractivity contribution is 0.100. The maximum Gasteiger partial charge on any atom is 0.254 e. The molecule has 5 rings (SSSR count). The molecule has 1 fully saturated rings. The van der Waals surface area contributed by atoms with E-state index in [0.717, 1.165) is 30.0 Å². The van der Waals surface area contributed by atoms with E-state index in [1.165, 1.54) is 12.3 Å². The molecular formula is C29H29FN6O3. The van der Waals surface area contributed by atoms with Gasteiger partial charge in [-0.2, -0.15) is 4.98 Å². The molecule has 1 aromatic heterocycles. The van der Waals surface area contributed by atoms with Crippen molar-refractivity contribution >= 4 is 29.0 Å². The molecule has 10 heteroatoms. The van der Waals surface area contributed by atoms with Gasteiger partial charge in [-0.05, 0) is 42.0 Å². The third-order valence-corrected chi connectivity index (χ3v) is 6.30. The summed E-state index contributed by atoms with van der Waals surface area (Å²) in [6, 6.07) is 22.1. The number of nitrogens with one attached hydrogen (secondary N) is 2. The molecule has 4 N–H and O–H groups in total. The van der Waals surface area contributed by atoms with Crippen LogP contribution in [0.15, 0.2) is 79.0 Å². The van der Waals surface area contributed by atoms with E-state index in [0.29, 0.717) is 24.5 Å². The highest BCUT2D eigenvalue weighted by atomic mass is 19.1. The van der Waals surface area contributed by atoms with Crippen LogP contribution in [0.1, 0.15) is 21.5 Å². The minimum atomic E-state index is -0.701. The van der Waals surface area contributed by atoms with Gasteiger partial charge in [-0.3, -0.25) is 4.79 Å². The van der Waals surface area contributed by atoms with Crippen LogP contribution in [0.3, 0.4) is 0 Å². The van der Waals surface area contributed by atoms with Gasteiger partial charge in [-0.15, -0.1) is 0 Å². The second kappa shape index (κ2) is 12.2. The molecule has 4 aromatic rings. The van der Waals surface area contributed by atoms with Crippen molar-refractivity contribution in [3.8, 4) is 5.75 Å². The van der Waals surface area contributed by atoms with E-state index in [1.54, 1.807) is 12.1 Å². The Balaban J connectivity index is 1.30. The average molecular weight is 529 g/mol. The smallest absolute Gasteiger partial charge is 0.254 e. The summed E-state index contributed by atoms with van der Waals surface area (Å²) in [5, 5.41) is 6.18. The van der Waals surface area contributed by atoms with Crippen LogP contribution in [0.25, 0.3) is 0 Å². The highest BCUT2D eigenvalue weighted by Gasteiger charge is 2.16. The molecule has 0 bridgehead atoms. The van der Waals surface area contributed by atoms with Crippen molar-refractivity contribution in [3.63, 3.8) is 0 Å². The lowest BCUT2D eigenvalue weighted by Gasteiger charge is -2.28. The molecule has 1 saturated heterocycles. The van der Waals surface area contributed by atoms with Crippen molar-refractivity contribution in [1.82, 2.24) is 9.97 Å². The van der Waals surface area contributed by atoms with Crippen molar-refractivity contribution in [2.45, 2.75) is 13.2 Å². The number of nitrogens with two attached hydrogens (primary N) is 1. The van der Waals surface area contributed by atoms with Gasteiger partial charge in [-0.25, -0.2) is 9.37 Å². The van der Waals surface area contributed by atoms with Crippen LogP contribution >= 0.6 is 0 Å². The fourth-order valence-electron chi connectivity index (χ4n) is 4.22. The van der Waals surface area contributed by atoms with Crippen molar-refractivity contribution in [2.75, 3.05) is 41.8 Å². The third kappa shape index (κ3) is 6.60. The largest absolute Gasteiger partial charge is 0.488 e.